The monoisotopic (exact) mass is 262 g/mol. The molecule has 0 saturated carbocycles. The Balaban J connectivity index is 3.82. The van der Waals surface area contributed by atoms with Crippen LogP contribution < -0.4 is 0 Å². The van der Waals surface area contributed by atoms with Gasteiger partial charge in [-0.05, 0) is 11.8 Å². The molecule has 0 radical (unpaired) electrons. The largest absolute Gasteiger partial charge is 0.528 e. The van der Waals surface area contributed by atoms with E-state index in [0.717, 1.165) is 0 Å². The summed E-state index contributed by atoms with van der Waals surface area (Å²) in [4.78, 5) is 32.7. The number of carbonyl (C=O) groups excluding carboxylic acids is 3. The molecule has 104 valence electrons. The van der Waals surface area contributed by atoms with Gasteiger partial charge in [-0.2, -0.15) is 0 Å². The van der Waals surface area contributed by atoms with Crippen molar-refractivity contribution in [2.45, 2.75) is 27.7 Å². The van der Waals surface area contributed by atoms with Gasteiger partial charge in [0.15, 0.2) is 0 Å². The third kappa shape index (κ3) is 9.44. The Labute approximate surface area is 105 Å². The third-order valence-electron chi connectivity index (χ3n) is 1.40. The maximum Gasteiger partial charge on any atom is 0.528 e. The van der Waals surface area contributed by atoms with Crippen molar-refractivity contribution in [2.24, 2.45) is 11.8 Å². The normalized spacial score (nSPS) is 10.1. The van der Waals surface area contributed by atoms with Crippen LogP contribution in [0.3, 0.4) is 0 Å². The molecule has 0 aromatic carbocycles. The van der Waals surface area contributed by atoms with Crippen LogP contribution in [-0.4, -0.2) is 31.7 Å². The second-order valence-corrected chi connectivity index (χ2v) is 4.36. The fraction of sp³-hybridized carbons (Fsp3) is 0.727. The van der Waals surface area contributed by atoms with Crippen LogP contribution >= 0.6 is 0 Å². The van der Waals surface area contributed by atoms with Gasteiger partial charge in [-0.3, -0.25) is 0 Å². The molecule has 0 unspecified atom stereocenters. The maximum atomic E-state index is 10.9. The van der Waals surface area contributed by atoms with Crippen LogP contribution in [0, 0.1) is 11.8 Å². The van der Waals surface area contributed by atoms with Gasteiger partial charge >= 0.3 is 18.5 Å². The van der Waals surface area contributed by atoms with Crippen molar-refractivity contribution in [1.82, 2.24) is 0 Å². The van der Waals surface area contributed by atoms with Crippen LogP contribution in [0.2, 0.25) is 0 Å². The van der Waals surface area contributed by atoms with E-state index in [4.69, 9.17) is 0 Å². The Bertz CT molecular complexity index is 268. The van der Waals surface area contributed by atoms with Crippen LogP contribution in [0.25, 0.3) is 0 Å². The smallest absolute Gasteiger partial charge is 0.434 e. The minimum absolute atomic E-state index is 0.101. The highest BCUT2D eigenvalue weighted by molar-refractivity contribution is 5.83. The van der Waals surface area contributed by atoms with E-state index in [0.29, 0.717) is 0 Å². The molecule has 0 bridgehead atoms. The standard InChI is InChI=1S/C11H18O7/c1-7(2)5-15-9(12)17-11(14)18-10(13)16-6-8(3)4/h7-8H,5-6H2,1-4H3. The molecule has 0 aromatic rings. The molecule has 0 aliphatic carbocycles. The molecule has 0 saturated heterocycles. The molecule has 0 rings (SSSR count). The zero-order chi connectivity index (χ0) is 14.1. The minimum Gasteiger partial charge on any atom is -0.434 e. The van der Waals surface area contributed by atoms with E-state index >= 15 is 0 Å². The van der Waals surface area contributed by atoms with Gasteiger partial charge in [-0.1, -0.05) is 27.7 Å². The zero-order valence-electron chi connectivity index (χ0n) is 10.9. The second-order valence-electron chi connectivity index (χ2n) is 4.36. The summed E-state index contributed by atoms with van der Waals surface area (Å²) in [5, 5.41) is 0. The van der Waals surface area contributed by atoms with E-state index in [-0.39, 0.29) is 25.0 Å². The first kappa shape index (κ1) is 16.2. The van der Waals surface area contributed by atoms with Gasteiger partial charge in [0, 0.05) is 0 Å². The van der Waals surface area contributed by atoms with E-state index in [9.17, 15) is 14.4 Å². The van der Waals surface area contributed by atoms with Crippen molar-refractivity contribution < 1.29 is 33.3 Å². The Morgan fingerprint density at radius 3 is 1.33 bits per heavy atom. The van der Waals surface area contributed by atoms with E-state index in [1.54, 1.807) is 0 Å². The predicted octanol–water partition coefficient (Wildman–Crippen LogP) is 2.72. The molecule has 0 fully saturated rings. The summed E-state index contributed by atoms with van der Waals surface area (Å²) in [6.45, 7) is 7.46. The Kier molecular flexibility index (Phi) is 7.50. The fourth-order valence-electron chi connectivity index (χ4n) is 0.685. The zero-order valence-corrected chi connectivity index (χ0v) is 10.9. The summed E-state index contributed by atoms with van der Waals surface area (Å²) in [6, 6.07) is 0. The van der Waals surface area contributed by atoms with Gasteiger partial charge in [-0.25, -0.2) is 14.4 Å². The van der Waals surface area contributed by atoms with Gasteiger partial charge in [0.2, 0.25) is 0 Å². The molecular weight excluding hydrogens is 244 g/mol. The summed E-state index contributed by atoms with van der Waals surface area (Å²) in [5.74, 6) is 0.203. The van der Waals surface area contributed by atoms with Crippen molar-refractivity contribution in [3.05, 3.63) is 0 Å². The summed E-state index contributed by atoms with van der Waals surface area (Å²) in [5.41, 5.74) is 0. The van der Waals surface area contributed by atoms with Crippen LogP contribution in [0.15, 0.2) is 0 Å². The van der Waals surface area contributed by atoms with Crippen molar-refractivity contribution >= 4 is 18.5 Å². The van der Waals surface area contributed by atoms with E-state index in [2.05, 4.69) is 18.9 Å². The molecule has 0 heterocycles. The van der Waals surface area contributed by atoms with Crippen molar-refractivity contribution in [3.63, 3.8) is 0 Å². The van der Waals surface area contributed by atoms with Gasteiger partial charge in [-0.15, -0.1) is 0 Å². The lowest BCUT2D eigenvalue weighted by Gasteiger charge is -2.07. The predicted molar refractivity (Wildman–Crippen MR) is 59.9 cm³/mol. The average molecular weight is 262 g/mol. The molecule has 18 heavy (non-hydrogen) atoms. The van der Waals surface area contributed by atoms with E-state index in [1.165, 1.54) is 0 Å². The van der Waals surface area contributed by atoms with Gasteiger partial charge < -0.3 is 18.9 Å². The molecule has 0 aromatic heterocycles. The molecule has 0 aliphatic heterocycles. The van der Waals surface area contributed by atoms with Crippen LogP contribution in [0.5, 0.6) is 0 Å². The highest BCUT2D eigenvalue weighted by atomic mass is 16.9. The van der Waals surface area contributed by atoms with Gasteiger partial charge in [0.05, 0.1) is 13.2 Å². The number of ether oxygens (including phenoxy) is 4. The third-order valence-corrected chi connectivity index (χ3v) is 1.40. The number of hydrogen-bond donors (Lipinski definition) is 0. The molecule has 0 spiro atoms. The lowest BCUT2D eigenvalue weighted by atomic mass is 10.2. The highest BCUT2D eigenvalue weighted by Gasteiger charge is 2.18. The number of hydrogen-bond acceptors (Lipinski definition) is 7. The molecular formula is C11H18O7. The molecule has 7 heteroatoms. The maximum absolute atomic E-state index is 10.9. The number of rotatable bonds is 4. The topological polar surface area (TPSA) is 88.1 Å². The fourth-order valence-corrected chi connectivity index (χ4v) is 0.685. The Morgan fingerprint density at radius 2 is 1.06 bits per heavy atom. The van der Waals surface area contributed by atoms with Crippen LogP contribution in [0.4, 0.5) is 14.4 Å². The average Bonchev–Trinajstić information content (AvgIpc) is 2.23. The SMILES string of the molecule is CC(C)COC(=O)OC(=O)OC(=O)OCC(C)C. The first-order valence-corrected chi connectivity index (χ1v) is 5.54. The summed E-state index contributed by atoms with van der Waals surface area (Å²) < 4.78 is 17.2. The molecule has 0 amide bonds. The highest BCUT2D eigenvalue weighted by Crippen LogP contribution is 1.99. The molecule has 0 aliphatic rings. The van der Waals surface area contributed by atoms with Gasteiger partial charge in [0.25, 0.3) is 0 Å². The minimum atomic E-state index is -1.47. The number of carbonyl (C=O) groups is 3. The quantitative estimate of drug-likeness (QED) is 0.568. The summed E-state index contributed by atoms with van der Waals surface area (Å²) >= 11 is 0. The van der Waals surface area contributed by atoms with E-state index in [1.807, 2.05) is 27.7 Å². The lowest BCUT2D eigenvalue weighted by molar-refractivity contribution is 0.0227. The van der Waals surface area contributed by atoms with Crippen molar-refractivity contribution in [1.29, 1.82) is 0 Å². The first-order chi connectivity index (χ1) is 8.31. The lowest BCUT2D eigenvalue weighted by Crippen LogP contribution is -2.21. The van der Waals surface area contributed by atoms with Crippen molar-refractivity contribution in [3.8, 4) is 0 Å². The van der Waals surface area contributed by atoms with Crippen LogP contribution in [-0.2, 0) is 18.9 Å². The molecule has 7 nitrogen and oxygen atoms in total. The summed E-state index contributed by atoms with van der Waals surface area (Å²) in [6.07, 6.45) is -3.91. The Hall–Kier alpha value is -1.79. The molecule has 0 atom stereocenters. The van der Waals surface area contributed by atoms with Crippen LogP contribution in [0.1, 0.15) is 27.7 Å². The van der Waals surface area contributed by atoms with Gasteiger partial charge in [0.1, 0.15) is 0 Å². The summed E-state index contributed by atoms with van der Waals surface area (Å²) in [7, 11) is 0. The van der Waals surface area contributed by atoms with E-state index < -0.39 is 18.5 Å². The Morgan fingerprint density at radius 1 is 0.722 bits per heavy atom. The molecule has 0 N–H and O–H groups in total. The van der Waals surface area contributed by atoms with Crippen molar-refractivity contribution in [2.75, 3.05) is 13.2 Å². The second kappa shape index (κ2) is 8.32. The first-order valence-electron chi connectivity index (χ1n) is 5.54.